The van der Waals surface area contributed by atoms with Crippen molar-refractivity contribution in [1.82, 2.24) is 5.32 Å². The number of benzene rings is 2. The molecule has 2 aromatic carbocycles. The topological polar surface area (TPSA) is 41.1 Å². The van der Waals surface area contributed by atoms with Gasteiger partial charge in [-0.1, -0.05) is 46.3 Å². The van der Waals surface area contributed by atoms with Crippen molar-refractivity contribution in [1.29, 1.82) is 0 Å². The van der Waals surface area contributed by atoms with Crippen LogP contribution in [0, 0.1) is 11.7 Å². The maximum absolute atomic E-state index is 13.9. The van der Waals surface area contributed by atoms with Crippen LogP contribution in [0.3, 0.4) is 0 Å². The minimum absolute atomic E-state index is 0.154. The summed E-state index contributed by atoms with van der Waals surface area (Å²) in [5.74, 6) is -0.128. The smallest absolute Gasteiger partial charge is 0.241 e. The Hall–Kier alpha value is -1.72. The second-order valence-corrected chi connectivity index (χ2v) is 7.14. The summed E-state index contributed by atoms with van der Waals surface area (Å²) in [6.45, 7) is 1.81. The summed E-state index contributed by atoms with van der Waals surface area (Å²) < 4.78 is 14.5. The van der Waals surface area contributed by atoms with E-state index in [1.54, 1.807) is 12.1 Å². The van der Waals surface area contributed by atoms with Crippen molar-refractivity contribution >= 4 is 27.5 Å². The molecule has 0 spiro atoms. The van der Waals surface area contributed by atoms with Gasteiger partial charge in [0.15, 0.2) is 0 Å². The van der Waals surface area contributed by atoms with E-state index < -0.39 is 11.9 Å². The van der Waals surface area contributed by atoms with Gasteiger partial charge in [-0.15, -0.1) is 0 Å². The molecule has 0 saturated heterocycles. The number of anilines is 1. The molecule has 0 unspecified atom stereocenters. The molecular weight excluding hydrogens is 371 g/mol. The largest absolute Gasteiger partial charge is 0.322 e. The SMILES string of the molecule is C[C@H](N[C@H](c1ccccc1)C1CC1)C(=O)Nc1ccc(Br)cc1F. The van der Waals surface area contributed by atoms with Gasteiger partial charge in [-0.05, 0) is 49.4 Å². The molecular formula is C19H20BrFN2O. The quantitative estimate of drug-likeness (QED) is 0.752. The first-order chi connectivity index (χ1) is 11.5. The van der Waals surface area contributed by atoms with Gasteiger partial charge in [0.25, 0.3) is 0 Å². The van der Waals surface area contributed by atoms with Gasteiger partial charge in [0.2, 0.25) is 5.91 Å². The fourth-order valence-corrected chi connectivity index (χ4v) is 3.10. The van der Waals surface area contributed by atoms with Crippen molar-refractivity contribution in [2.24, 2.45) is 5.92 Å². The van der Waals surface area contributed by atoms with Crippen LogP contribution in [0.4, 0.5) is 10.1 Å². The highest BCUT2D eigenvalue weighted by Crippen LogP contribution is 2.41. The maximum atomic E-state index is 13.9. The van der Waals surface area contributed by atoms with Crippen LogP contribution >= 0.6 is 15.9 Å². The lowest BCUT2D eigenvalue weighted by molar-refractivity contribution is -0.118. The van der Waals surface area contributed by atoms with Crippen LogP contribution in [0.1, 0.15) is 31.4 Å². The van der Waals surface area contributed by atoms with Crippen molar-refractivity contribution in [3.05, 3.63) is 64.4 Å². The number of halogens is 2. The van der Waals surface area contributed by atoms with Gasteiger partial charge >= 0.3 is 0 Å². The van der Waals surface area contributed by atoms with Gasteiger partial charge in [-0.2, -0.15) is 0 Å². The summed E-state index contributed by atoms with van der Waals surface area (Å²) in [6, 6.07) is 14.5. The zero-order chi connectivity index (χ0) is 17.1. The molecule has 5 heteroatoms. The fourth-order valence-electron chi connectivity index (χ4n) is 2.77. The van der Waals surface area contributed by atoms with E-state index in [4.69, 9.17) is 0 Å². The lowest BCUT2D eigenvalue weighted by atomic mass is 10.0. The van der Waals surface area contributed by atoms with E-state index in [1.807, 2.05) is 25.1 Å². The summed E-state index contributed by atoms with van der Waals surface area (Å²) in [4.78, 5) is 12.4. The molecule has 2 aromatic rings. The average molecular weight is 391 g/mol. The first-order valence-corrected chi connectivity index (χ1v) is 8.91. The lowest BCUT2D eigenvalue weighted by Crippen LogP contribution is -2.41. The Morgan fingerprint density at radius 1 is 1.21 bits per heavy atom. The molecule has 0 heterocycles. The van der Waals surface area contributed by atoms with Gasteiger partial charge in [-0.3, -0.25) is 10.1 Å². The van der Waals surface area contributed by atoms with Crippen LogP contribution in [0.25, 0.3) is 0 Å². The minimum atomic E-state index is -0.452. The van der Waals surface area contributed by atoms with Gasteiger partial charge in [0.05, 0.1) is 11.7 Å². The summed E-state index contributed by atoms with van der Waals surface area (Å²) in [6.07, 6.45) is 2.34. The molecule has 3 rings (SSSR count). The lowest BCUT2D eigenvalue weighted by Gasteiger charge is -2.23. The second-order valence-electron chi connectivity index (χ2n) is 6.23. The third-order valence-electron chi connectivity index (χ3n) is 4.26. The molecule has 1 fully saturated rings. The number of hydrogen-bond acceptors (Lipinski definition) is 2. The van der Waals surface area contributed by atoms with Crippen LogP contribution < -0.4 is 10.6 Å². The predicted molar refractivity (Wildman–Crippen MR) is 97.2 cm³/mol. The molecule has 1 aliphatic rings. The molecule has 0 aliphatic heterocycles. The van der Waals surface area contributed by atoms with E-state index in [0.29, 0.717) is 10.4 Å². The van der Waals surface area contributed by atoms with E-state index in [2.05, 4.69) is 38.7 Å². The molecule has 3 nitrogen and oxygen atoms in total. The molecule has 0 bridgehead atoms. The van der Waals surface area contributed by atoms with E-state index in [0.717, 1.165) is 0 Å². The standard InChI is InChI=1S/C19H20BrFN2O/c1-12(19(24)23-17-10-9-15(20)11-16(17)21)22-18(14-7-8-14)13-5-3-2-4-6-13/h2-6,9-12,14,18,22H,7-8H2,1H3,(H,23,24)/t12-,18+/m0/s1. The maximum Gasteiger partial charge on any atom is 0.241 e. The Morgan fingerprint density at radius 3 is 2.54 bits per heavy atom. The first-order valence-electron chi connectivity index (χ1n) is 8.11. The Kier molecular flexibility index (Phi) is 5.31. The fraction of sp³-hybridized carbons (Fsp3) is 0.316. The minimum Gasteiger partial charge on any atom is -0.322 e. The van der Waals surface area contributed by atoms with Crippen molar-refractivity contribution in [3.8, 4) is 0 Å². The van der Waals surface area contributed by atoms with E-state index >= 15 is 0 Å². The van der Waals surface area contributed by atoms with Crippen LogP contribution in [0.2, 0.25) is 0 Å². The molecule has 126 valence electrons. The molecule has 1 aliphatic carbocycles. The molecule has 2 atom stereocenters. The van der Waals surface area contributed by atoms with Gasteiger partial charge < -0.3 is 5.32 Å². The highest BCUT2D eigenvalue weighted by Gasteiger charge is 2.34. The first kappa shape index (κ1) is 17.1. The molecule has 2 N–H and O–H groups in total. The number of hydrogen-bond donors (Lipinski definition) is 2. The molecule has 1 amide bonds. The van der Waals surface area contributed by atoms with E-state index in [9.17, 15) is 9.18 Å². The van der Waals surface area contributed by atoms with Crippen molar-refractivity contribution < 1.29 is 9.18 Å². The Morgan fingerprint density at radius 2 is 1.92 bits per heavy atom. The van der Waals surface area contributed by atoms with Crippen molar-refractivity contribution in [3.63, 3.8) is 0 Å². The number of nitrogens with one attached hydrogen (secondary N) is 2. The summed E-state index contributed by atoms with van der Waals surface area (Å²) in [5, 5.41) is 6.06. The normalized spacial score (nSPS) is 16.5. The third-order valence-corrected chi connectivity index (χ3v) is 4.76. The van der Waals surface area contributed by atoms with E-state index in [1.165, 1.54) is 24.5 Å². The van der Waals surface area contributed by atoms with Crippen LogP contribution in [-0.4, -0.2) is 11.9 Å². The molecule has 24 heavy (non-hydrogen) atoms. The molecule has 0 aromatic heterocycles. The van der Waals surface area contributed by atoms with Gasteiger partial charge in [0, 0.05) is 10.5 Å². The van der Waals surface area contributed by atoms with Crippen LogP contribution in [-0.2, 0) is 4.79 Å². The molecule has 1 saturated carbocycles. The molecule has 0 radical (unpaired) electrons. The zero-order valence-corrected chi connectivity index (χ0v) is 15.0. The highest BCUT2D eigenvalue weighted by molar-refractivity contribution is 9.10. The second kappa shape index (κ2) is 7.45. The predicted octanol–water partition coefficient (Wildman–Crippen LogP) is 4.66. The Labute approximate surface area is 149 Å². The average Bonchev–Trinajstić information content (AvgIpc) is 3.40. The Balaban J connectivity index is 1.66. The van der Waals surface area contributed by atoms with Crippen LogP contribution in [0.15, 0.2) is 53.0 Å². The number of carbonyl (C=O) groups is 1. The number of rotatable bonds is 6. The van der Waals surface area contributed by atoms with Crippen molar-refractivity contribution in [2.75, 3.05) is 5.32 Å². The van der Waals surface area contributed by atoms with E-state index in [-0.39, 0.29) is 17.6 Å². The summed E-state index contributed by atoms with van der Waals surface area (Å²) in [5.41, 5.74) is 1.38. The summed E-state index contributed by atoms with van der Waals surface area (Å²) in [7, 11) is 0. The van der Waals surface area contributed by atoms with Gasteiger partial charge in [0.1, 0.15) is 5.82 Å². The third kappa shape index (κ3) is 4.22. The Bertz CT molecular complexity index is 719. The monoisotopic (exact) mass is 390 g/mol. The number of carbonyl (C=O) groups excluding carboxylic acids is 1. The number of amides is 1. The summed E-state index contributed by atoms with van der Waals surface area (Å²) >= 11 is 3.21. The van der Waals surface area contributed by atoms with Gasteiger partial charge in [-0.25, -0.2) is 4.39 Å². The highest BCUT2D eigenvalue weighted by atomic mass is 79.9. The van der Waals surface area contributed by atoms with Crippen molar-refractivity contribution in [2.45, 2.75) is 31.8 Å². The zero-order valence-electron chi connectivity index (χ0n) is 13.4. The van der Waals surface area contributed by atoms with Crippen LogP contribution in [0.5, 0.6) is 0 Å².